The normalized spacial score (nSPS) is 12.0. The topological polar surface area (TPSA) is 61.4 Å². The molecule has 0 aliphatic heterocycles. The zero-order valence-corrected chi connectivity index (χ0v) is 14.4. The lowest BCUT2D eigenvalue weighted by molar-refractivity contribution is -0.136. The molecule has 0 saturated carbocycles. The van der Waals surface area contributed by atoms with Crippen LogP contribution in [0.5, 0.6) is 0 Å². The number of benzene rings is 1. The molecule has 23 heavy (non-hydrogen) atoms. The molecule has 1 atom stereocenters. The monoisotopic (exact) mass is 351 g/mol. The van der Waals surface area contributed by atoms with Crippen molar-refractivity contribution in [1.82, 2.24) is 10.2 Å². The van der Waals surface area contributed by atoms with Gasteiger partial charge in [0.2, 0.25) is 0 Å². The summed E-state index contributed by atoms with van der Waals surface area (Å²) >= 11 is 7.46. The average Bonchev–Trinajstić information content (AvgIpc) is 3.01. The number of hydrogen-bond donors (Lipinski definition) is 2. The molecule has 0 aliphatic carbocycles. The summed E-state index contributed by atoms with van der Waals surface area (Å²) in [5.41, 5.74) is 0.486. The molecule has 5 nitrogen and oxygen atoms in total. The van der Waals surface area contributed by atoms with Crippen LogP contribution in [0.25, 0.3) is 0 Å². The fourth-order valence-electron chi connectivity index (χ4n) is 2.04. The van der Waals surface area contributed by atoms with Crippen LogP contribution in [0.15, 0.2) is 41.8 Å². The summed E-state index contributed by atoms with van der Waals surface area (Å²) in [4.78, 5) is 27.0. The lowest BCUT2D eigenvalue weighted by atomic mass is 10.2. The van der Waals surface area contributed by atoms with E-state index >= 15 is 0 Å². The van der Waals surface area contributed by atoms with E-state index in [1.54, 1.807) is 35.6 Å². The lowest BCUT2D eigenvalue weighted by Gasteiger charge is -2.23. The van der Waals surface area contributed by atoms with Crippen LogP contribution in [0.2, 0.25) is 5.02 Å². The number of hydrogen-bond acceptors (Lipinski definition) is 4. The third-order valence-corrected chi connectivity index (χ3v) is 4.45. The van der Waals surface area contributed by atoms with Gasteiger partial charge in [0, 0.05) is 22.1 Å². The van der Waals surface area contributed by atoms with Crippen molar-refractivity contribution in [3.05, 3.63) is 51.7 Å². The molecular formula is C16H18ClN3O2S. The van der Waals surface area contributed by atoms with Gasteiger partial charge in [-0.25, -0.2) is 0 Å². The SMILES string of the molecule is CN(C)[C@H](CNC(=O)C(=O)Nc1cccc(Cl)c1)c1cccs1. The van der Waals surface area contributed by atoms with Gasteiger partial charge in [-0.1, -0.05) is 23.7 Å². The van der Waals surface area contributed by atoms with Gasteiger partial charge in [-0.3, -0.25) is 9.59 Å². The first-order valence-corrected chi connectivity index (χ1v) is 8.27. The third kappa shape index (κ3) is 5.06. The molecule has 1 aromatic carbocycles. The van der Waals surface area contributed by atoms with Crippen LogP contribution in [0.3, 0.4) is 0 Å². The Hall–Kier alpha value is -1.89. The minimum Gasteiger partial charge on any atom is -0.346 e. The molecule has 0 unspecified atom stereocenters. The molecule has 0 saturated heterocycles. The highest BCUT2D eigenvalue weighted by Gasteiger charge is 2.19. The maximum atomic E-state index is 12.0. The molecule has 2 N–H and O–H groups in total. The Balaban J connectivity index is 1.91. The van der Waals surface area contributed by atoms with Gasteiger partial charge in [0.05, 0.1) is 6.04 Å². The zero-order valence-electron chi connectivity index (χ0n) is 12.9. The molecule has 0 spiro atoms. The lowest BCUT2D eigenvalue weighted by Crippen LogP contribution is -2.40. The van der Waals surface area contributed by atoms with E-state index in [1.165, 1.54) is 0 Å². The predicted octanol–water partition coefficient (Wildman–Crippen LogP) is 2.76. The molecule has 0 aliphatic rings. The molecule has 7 heteroatoms. The number of rotatable bonds is 5. The summed E-state index contributed by atoms with van der Waals surface area (Å²) in [6.07, 6.45) is 0. The largest absolute Gasteiger partial charge is 0.346 e. The van der Waals surface area contributed by atoms with E-state index < -0.39 is 11.8 Å². The fourth-order valence-corrected chi connectivity index (χ4v) is 3.16. The Morgan fingerprint density at radius 1 is 1.22 bits per heavy atom. The van der Waals surface area contributed by atoms with Gasteiger partial charge in [-0.2, -0.15) is 0 Å². The molecule has 0 bridgehead atoms. The number of likely N-dealkylation sites (N-methyl/N-ethyl adjacent to an activating group) is 1. The van der Waals surface area contributed by atoms with Crippen LogP contribution in [0.1, 0.15) is 10.9 Å². The van der Waals surface area contributed by atoms with E-state index in [2.05, 4.69) is 10.6 Å². The summed E-state index contributed by atoms with van der Waals surface area (Å²) in [5, 5.41) is 7.67. The number of carbonyl (C=O) groups excluding carboxylic acids is 2. The second-order valence-electron chi connectivity index (χ2n) is 5.17. The van der Waals surface area contributed by atoms with Crippen molar-refractivity contribution >= 4 is 40.4 Å². The number of halogens is 1. The van der Waals surface area contributed by atoms with Crippen molar-refractivity contribution in [1.29, 1.82) is 0 Å². The van der Waals surface area contributed by atoms with Crippen LogP contribution < -0.4 is 10.6 Å². The Bertz CT molecular complexity index is 674. The number of nitrogens with zero attached hydrogens (tertiary/aromatic N) is 1. The zero-order chi connectivity index (χ0) is 16.8. The highest BCUT2D eigenvalue weighted by molar-refractivity contribution is 7.10. The molecule has 122 valence electrons. The smallest absolute Gasteiger partial charge is 0.313 e. The average molecular weight is 352 g/mol. The van der Waals surface area contributed by atoms with E-state index in [-0.39, 0.29) is 6.04 Å². The van der Waals surface area contributed by atoms with Crippen molar-refractivity contribution in [2.24, 2.45) is 0 Å². The van der Waals surface area contributed by atoms with Gasteiger partial charge >= 0.3 is 11.8 Å². The van der Waals surface area contributed by atoms with E-state index in [0.29, 0.717) is 17.3 Å². The van der Waals surface area contributed by atoms with Gasteiger partial charge in [-0.15, -0.1) is 11.3 Å². The first-order valence-electron chi connectivity index (χ1n) is 7.02. The first kappa shape index (κ1) is 17.5. The molecule has 0 fully saturated rings. The highest BCUT2D eigenvalue weighted by Crippen LogP contribution is 2.22. The van der Waals surface area contributed by atoms with Crippen molar-refractivity contribution in [3.63, 3.8) is 0 Å². The number of amides is 2. The third-order valence-electron chi connectivity index (χ3n) is 3.24. The Labute approximate surface area is 144 Å². The van der Waals surface area contributed by atoms with Gasteiger partial charge in [0.15, 0.2) is 0 Å². The standard InChI is InChI=1S/C16H18ClN3O2S/c1-20(2)13(14-7-4-8-23-14)10-18-15(21)16(22)19-12-6-3-5-11(17)9-12/h3-9,13H,10H2,1-2H3,(H,18,21)(H,19,22)/t13-/m1/s1. The van der Waals surface area contributed by atoms with Crippen LogP contribution in [0, 0.1) is 0 Å². The van der Waals surface area contributed by atoms with E-state index in [0.717, 1.165) is 4.88 Å². The summed E-state index contributed by atoms with van der Waals surface area (Å²) in [5.74, 6) is -1.38. The van der Waals surface area contributed by atoms with Gasteiger partial charge in [0.1, 0.15) is 0 Å². The maximum absolute atomic E-state index is 12.0. The van der Waals surface area contributed by atoms with Crippen LogP contribution in [-0.2, 0) is 9.59 Å². The highest BCUT2D eigenvalue weighted by atomic mass is 35.5. The number of nitrogens with one attached hydrogen (secondary N) is 2. The summed E-state index contributed by atoms with van der Waals surface area (Å²) < 4.78 is 0. The fraction of sp³-hybridized carbons (Fsp3) is 0.250. The molecule has 0 radical (unpaired) electrons. The molecule has 2 amide bonds. The van der Waals surface area contributed by atoms with Crippen LogP contribution >= 0.6 is 22.9 Å². The van der Waals surface area contributed by atoms with Gasteiger partial charge < -0.3 is 15.5 Å². The van der Waals surface area contributed by atoms with E-state index in [1.807, 2.05) is 36.5 Å². The van der Waals surface area contributed by atoms with Crippen LogP contribution in [-0.4, -0.2) is 37.4 Å². The number of thiophene rings is 1. The molecular weight excluding hydrogens is 334 g/mol. The molecule has 1 heterocycles. The van der Waals surface area contributed by atoms with Gasteiger partial charge in [-0.05, 0) is 43.7 Å². The minimum absolute atomic E-state index is 0.0259. The first-order chi connectivity index (χ1) is 11.0. The Kier molecular flexibility index (Phi) is 6.15. The van der Waals surface area contributed by atoms with Crippen molar-refractivity contribution < 1.29 is 9.59 Å². The minimum atomic E-state index is -0.712. The van der Waals surface area contributed by atoms with Crippen molar-refractivity contribution in [2.45, 2.75) is 6.04 Å². The number of carbonyl (C=O) groups is 2. The van der Waals surface area contributed by atoms with E-state index in [4.69, 9.17) is 11.6 Å². The Morgan fingerprint density at radius 3 is 2.61 bits per heavy atom. The maximum Gasteiger partial charge on any atom is 0.313 e. The Morgan fingerprint density at radius 2 is 2.00 bits per heavy atom. The second-order valence-corrected chi connectivity index (χ2v) is 6.59. The van der Waals surface area contributed by atoms with Crippen molar-refractivity contribution in [3.8, 4) is 0 Å². The molecule has 2 rings (SSSR count). The molecule has 1 aromatic heterocycles. The molecule has 2 aromatic rings. The van der Waals surface area contributed by atoms with Gasteiger partial charge in [0.25, 0.3) is 0 Å². The predicted molar refractivity (Wildman–Crippen MR) is 93.8 cm³/mol. The van der Waals surface area contributed by atoms with Crippen molar-refractivity contribution in [2.75, 3.05) is 26.0 Å². The number of anilines is 1. The summed E-state index contributed by atoms with van der Waals surface area (Å²) in [6, 6.07) is 10.6. The summed E-state index contributed by atoms with van der Waals surface area (Å²) in [7, 11) is 3.87. The van der Waals surface area contributed by atoms with E-state index in [9.17, 15) is 9.59 Å². The quantitative estimate of drug-likeness (QED) is 0.814. The summed E-state index contributed by atoms with van der Waals surface area (Å²) in [6.45, 7) is 0.356. The second kappa shape index (κ2) is 8.10. The van der Waals surface area contributed by atoms with Crippen LogP contribution in [0.4, 0.5) is 5.69 Å².